The Morgan fingerprint density at radius 3 is 2.57 bits per heavy atom. The summed E-state index contributed by atoms with van der Waals surface area (Å²) >= 11 is 0. The maximum atomic E-state index is 5.41. The molecule has 0 spiro atoms. The van der Waals surface area contributed by atoms with Crippen LogP contribution in [0, 0.1) is 13.8 Å². The van der Waals surface area contributed by atoms with Crippen molar-refractivity contribution in [2.45, 2.75) is 20.4 Å². The minimum absolute atomic E-state index is 0.731. The van der Waals surface area contributed by atoms with E-state index in [1.54, 1.807) is 0 Å². The Labute approximate surface area is 166 Å². The predicted octanol–water partition coefficient (Wildman–Crippen LogP) is 3.88. The van der Waals surface area contributed by atoms with Crippen molar-refractivity contribution in [2.24, 2.45) is 5.10 Å². The molecule has 1 saturated heterocycles. The summed E-state index contributed by atoms with van der Waals surface area (Å²) in [5.41, 5.74) is 6.91. The number of benzene rings is 2. The fourth-order valence-electron chi connectivity index (χ4n) is 3.31. The van der Waals surface area contributed by atoms with E-state index >= 15 is 0 Å². The Hall–Kier alpha value is -2.92. The second-order valence-corrected chi connectivity index (χ2v) is 7.23. The van der Waals surface area contributed by atoms with Gasteiger partial charge in [0.05, 0.1) is 39.1 Å². The van der Waals surface area contributed by atoms with E-state index in [4.69, 9.17) is 9.84 Å². The van der Waals surface area contributed by atoms with Gasteiger partial charge in [-0.1, -0.05) is 42.5 Å². The largest absolute Gasteiger partial charge is 0.378 e. The van der Waals surface area contributed by atoms with E-state index in [-0.39, 0.29) is 0 Å². The Morgan fingerprint density at radius 1 is 1.04 bits per heavy atom. The number of ether oxygens (including phenoxy) is 1. The van der Waals surface area contributed by atoms with E-state index in [0.29, 0.717) is 0 Å². The smallest absolute Gasteiger partial charge is 0.101 e. The maximum absolute atomic E-state index is 5.41. The summed E-state index contributed by atoms with van der Waals surface area (Å²) in [4.78, 5) is 0. The summed E-state index contributed by atoms with van der Waals surface area (Å²) in [6.45, 7) is 8.13. The van der Waals surface area contributed by atoms with E-state index in [0.717, 1.165) is 49.7 Å². The molecule has 0 aliphatic carbocycles. The normalized spacial score (nSPS) is 14.7. The molecule has 4 rings (SSSR count). The third kappa shape index (κ3) is 4.31. The van der Waals surface area contributed by atoms with Gasteiger partial charge in [-0.3, -0.25) is 9.69 Å². The van der Waals surface area contributed by atoms with Gasteiger partial charge < -0.3 is 4.74 Å². The van der Waals surface area contributed by atoms with Crippen molar-refractivity contribution in [3.05, 3.63) is 77.0 Å². The molecule has 2 heterocycles. The maximum Gasteiger partial charge on any atom is 0.101 e. The highest BCUT2D eigenvalue weighted by atomic mass is 16.5. The number of hydrazone groups is 1. The molecule has 1 aliphatic rings. The number of hydrogen-bond acceptors (Lipinski definition) is 4. The minimum atomic E-state index is 0.731. The highest BCUT2D eigenvalue weighted by molar-refractivity contribution is 5.88. The van der Waals surface area contributed by atoms with Gasteiger partial charge in [-0.15, -0.1) is 0 Å². The number of rotatable bonds is 5. The van der Waals surface area contributed by atoms with Gasteiger partial charge in [-0.25, -0.2) is 0 Å². The molecule has 1 fully saturated rings. The van der Waals surface area contributed by atoms with E-state index in [2.05, 4.69) is 72.6 Å². The van der Waals surface area contributed by atoms with Crippen LogP contribution in [0.5, 0.6) is 0 Å². The second-order valence-electron chi connectivity index (χ2n) is 7.23. The lowest BCUT2D eigenvalue weighted by molar-refractivity contribution is 0.0397. The molecule has 0 amide bonds. The van der Waals surface area contributed by atoms with Crippen LogP contribution < -0.4 is 0 Å². The van der Waals surface area contributed by atoms with E-state index < -0.39 is 0 Å². The van der Waals surface area contributed by atoms with Crippen LogP contribution in [0.2, 0.25) is 0 Å². The monoisotopic (exact) mass is 374 g/mol. The molecule has 0 saturated carbocycles. The second kappa shape index (κ2) is 8.40. The molecule has 144 valence electrons. The molecule has 0 N–H and O–H groups in total. The molecule has 0 unspecified atom stereocenters. The van der Waals surface area contributed by atoms with Crippen molar-refractivity contribution in [1.82, 2.24) is 14.8 Å². The van der Waals surface area contributed by atoms with Crippen LogP contribution in [-0.2, 0) is 11.3 Å². The number of aryl methyl sites for hydroxylation is 2. The zero-order chi connectivity index (χ0) is 19.3. The van der Waals surface area contributed by atoms with Gasteiger partial charge >= 0.3 is 0 Å². The summed E-state index contributed by atoms with van der Waals surface area (Å²) in [5.74, 6) is 0. The molecule has 0 atom stereocenters. The molecule has 0 radical (unpaired) electrons. The topological polar surface area (TPSA) is 42.7 Å². The first kappa shape index (κ1) is 18.4. The van der Waals surface area contributed by atoms with Crippen LogP contribution in [0.15, 0.2) is 59.8 Å². The average molecular weight is 374 g/mol. The molecule has 28 heavy (non-hydrogen) atoms. The van der Waals surface area contributed by atoms with Gasteiger partial charge in [-0.2, -0.15) is 10.2 Å². The standard InChI is InChI=1S/C23H26N4O/c1-18-8-9-21(14-19(18)2)23-22(15-24-26-10-12-28-13-11-26)17-27(25-23)16-20-6-4-3-5-7-20/h3-9,14-15,17H,10-13,16H2,1-2H3/b24-15-. The minimum Gasteiger partial charge on any atom is -0.378 e. The molecule has 2 aromatic carbocycles. The summed E-state index contributed by atoms with van der Waals surface area (Å²) < 4.78 is 7.41. The summed E-state index contributed by atoms with van der Waals surface area (Å²) in [6.07, 6.45) is 4.02. The van der Waals surface area contributed by atoms with Crippen LogP contribution >= 0.6 is 0 Å². The molecule has 0 bridgehead atoms. The van der Waals surface area contributed by atoms with E-state index in [1.165, 1.54) is 16.7 Å². The van der Waals surface area contributed by atoms with Gasteiger partial charge in [-0.05, 0) is 36.6 Å². The highest BCUT2D eigenvalue weighted by Gasteiger charge is 2.13. The fourth-order valence-corrected chi connectivity index (χ4v) is 3.31. The molecule has 3 aromatic rings. The number of hydrogen-bond donors (Lipinski definition) is 0. The lowest BCUT2D eigenvalue weighted by Crippen LogP contribution is -2.32. The Morgan fingerprint density at radius 2 is 1.82 bits per heavy atom. The van der Waals surface area contributed by atoms with Crippen LogP contribution in [0.4, 0.5) is 0 Å². The van der Waals surface area contributed by atoms with E-state index in [1.807, 2.05) is 17.0 Å². The zero-order valence-electron chi connectivity index (χ0n) is 16.5. The summed E-state index contributed by atoms with van der Waals surface area (Å²) in [5, 5.41) is 11.6. The summed E-state index contributed by atoms with van der Waals surface area (Å²) in [6, 6.07) is 16.9. The van der Waals surface area contributed by atoms with Crippen molar-refractivity contribution in [3.63, 3.8) is 0 Å². The van der Waals surface area contributed by atoms with Gasteiger partial charge in [0.1, 0.15) is 5.69 Å². The lowest BCUT2D eigenvalue weighted by Gasteiger charge is -2.23. The van der Waals surface area contributed by atoms with Crippen LogP contribution in [0.25, 0.3) is 11.3 Å². The lowest BCUT2D eigenvalue weighted by atomic mass is 10.0. The number of morpholine rings is 1. The van der Waals surface area contributed by atoms with Gasteiger partial charge in [0, 0.05) is 17.3 Å². The Kier molecular flexibility index (Phi) is 5.53. The SMILES string of the molecule is Cc1ccc(-c2nn(Cc3ccccc3)cc2/C=N\N2CCOCC2)cc1C. The molecule has 5 nitrogen and oxygen atoms in total. The Balaban J connectivity index is 1.67. The third-order valence-electron chi connectivity index (χ3n) is 5.11. The van der Waals surface area contributed by atoms with Crippen molar-refractivity contribution >= 4 is 6.21 Å². The third-order valence-corrected chi connectivity index (χ3v) is 5.11. The fraction of sp³-hybridized carbons (Fsp3) is 0.304. The number of nitrogens with zero attached hydrogens (tertiary/aromatic N) is 4. The van der Waals surface area contributed by atoms with Gasteiger partial charge in [0.2, 0.25) is 0 Å². The van der Waals surface area contributed by atoms with Crippen molar-refractivity contribution in [3.8, 4) is 11.3 Å². The molecular formula is C23H26N4O. The Bertz CT molecular complexity index is 956. The molecule has 1 aromatic heterocycles. The zero-order valence-corrected chi connectivity index (χ0v) is 16.5. The first-order valence-electron chi connectivity index (χ1n) is 9.75. The van der Waals surface area contributed by atoms with Crippen molar-refractivity contribution < 1.29 is 4.74 Å². The van der Waals surface area contributed by atoms with Gasteiger partial charge in [0.15, 0.2) is 0 Å². The van der Waals surface area contributed by atoms with Gasteiger partial charge in [0.25, 0.3) is 0 Å². The average Bonchev–Trinajstić information content (AvgIpc) is 3.12. The first-order chi connectivity index (χ1) is 13.7. The molecule has 1 aliphatic heterocycles. The van der Waals surface area contributed by atoms with Crippen LogP contribution in [-0.4, -0.2) is 47.3 Å². The number of aromatic nitrogens is 2. The quantitative estimate of drug-likeness (QED) is 0.637. The predicted molar refractivity (Wildman–Crippen MR) is 113 cm³/mol. The van der Waals surface area contributed by atoms with Crippen LogP contribution in [0.1, 0.15) is 22.3 Å². The summed E-state index contributed by atoms with van der Waals surface area (Å²) in [7, 11) is 0. The van der Waals surface area contributed by atoms with E-state index in [9.17, 15) is 0 Å². The van der Waals surface area contributed by atoms with Crippen molar-refractivity contribution in [1.29, 1.82) is 0 Å². The van der Waals surface area contributed by atoms with Crippen molar-refractivity contribution in [2.75, 3.05) is 26.3 Å². The first-order valence-corrected chi connectivity index (χ1v) is 9.75. The van der Waals surface area contributed by atoms with Crippen LogP contribution in [0.3, 0.4) is 0 Å². The molecular weight excluding hydrogens is 348 g/mol. The highest BCUT2D eigenvalue weighted by Crippen LogP contribution is 2.24. The molecule has 5 heteroatoms.